The second kappa shape index (κ2) is 15.0. The normalized spacial score (nSPS) is 19.8. The summed E-state index contributed by atoms with van der Waals surface area (Å²) in [5, 5.41) is 9.05. The van der Waals surface area contributed by atoms with Crippen LogP contribution in [0.2, 0.25) is 0 Å². The third-order valence-electron chi connectivity index (χ3n) is 4.01. The van der Waals surface area contributed by atoms with E-state index in [2.05, 4.69) is 0 Å². The summed E-state index contributed by atoms with van der Waals surface area (Å²) >= 11 is 0. The van der Waals surface area contributed by atoms with Gasteiger partial charge in [0.15, 0.2) is 0 Å². The van der Waals surface area contributed by atoms with Gasteiger partial charge in [0.2, 0.25) is 0 Å². The molecule has 0 aromatic heterocycles. The van der Waals surface area contributed by atoms with Crippen LogP contribution >= 0.6 is 0 Å². The number of aliphatic hydroxyl groups excluding tert-OH is 1. The number of hydrogen-bond acceptors (Lipinski definition) is 2. The fourth-order valence-electron chi connectivity index (χ4n) is 2.77. The molecule has 2 rings (SSSR count). The fraction of sp³-hybridized carbons (Fsp3) is 0.944. The highest BCUT2D eigenvalue weighted by molar-refractivity contribution is 5.78. The lowest BCUT2D eigenvalue weighted by Crippen LogP contribution is -2.11. The van der Waals surface area contributed by atoms with Crippen LogP contribution in [-0.4, -0.2) is 17.0 Å². The van der Waals surface area contributed by atoms with Crippen LogP contribution < -0.4 is 0 Å². The van der Waals surface area contributed by atoms with Crippen molar-refractivity contribution in [2.75, 3.05) is 0 Å². The molecule has 2 fully saturated rings. The van der Waals surface area contributed by atoms with Crippen LogP contribution in [0.1, 0.15) is 92.9 Å². The van der Waals surface area contributed by atoms with Crippen LogP contribution in [0.15, 0.2) is 0 Å². The zero-order chi connectivity index (χ0) is 16.0. The first kappa shape index (κ1) is 21.9. The highest BCUT2D eigenvalue weighted by Crippen LogP contribution is 2.27. The Kier molecular flexibility index (Phi) is 16.5. The van der Waals surface area contributed by atoms with E-state index in [4.69, 9.17) is 5.11 Å². The second-order valence-corrected chi connectivity index (χ2v) is 5.38. The molecule has 2 heteroatoms. The molecule has 0 radical (unpaired) electrons. The molecule has 0 heterocycles. The number of rotatable bonds is 2. The Bertz CT molecular complexity index is 199. The largest absolute Gasteiger partial charge is 0.393 e. The molecule has 0 bridgehead atoms. The van der Waals surface area contributed by atoms with Crippen LogP contribution in [0, 0.1) is 11.8 Å². The maximum Gasteiger partial charge on any atom is 0.132 e. The van der Waals surface area contributed by atoms with Gasteiger partial charge in [-0.25, -0.2) is 0 Å². The molecule has 2 saturated carbocycles. The van der Waals surface area contributed by atoms with Crippen LogP contribution in [0.4, 0.5) is 0 Å². The highest BCUT2D eigenvalue weighted by Gasteiger charge is 2.19. The fourth-order valence-corrected chi connectivity index (χ4v) is 2.77. The average Bonchev–Trinajstić information content (AvgIpc) is 3.17. The third-order valence-corrected chi connectivity index (χ3v) is 4.01. The number of ketones is 1. The predicted octanol–water partition coefficient (Wildman–Crippen LogP) is 5.38. The van der Waals surface area contributed by atoms with E-state index in [1.165, 1.54) is 38.5 Å². The lowest BCUT2D eigenvalue weighted by molar-refractivity contribution is -0.120. The second-order valence-electron chi connectivity index (χ2n) is 5.38. The van der Waals surface area contributed by atoms with Crippen molar-refractivity contribution in [3.63, 3.8) is 0 Å². The van der Waals surface area contributed by atoms with Gasteiger partial charge < -0.3 is 5.11 Å². The molecule has 2 nitrogen and oxygen atoms in total. The van der Waals surface area contributed by atoms with Crippen LogP contribution in [0.5, 0.6) is 0 Å². The monoisotopic (exact) mass is 286 g/mol. The van der Waals surface area contributed by atoms with E-state index < -0.39 is 0 Å². The van der Waals surface area contributed by atoms with Gasteiger partial charge in [0, 0.05) is 5.92 Å². The Hall–Kier alpha value is -0.370. The molecule has 122 valence electrons. The molecular weight excluding hydrogens is 248 g/mol. The molecule has 0 amide bonds. The molecule has 1 atom stereocenters. The van der Waals surface area contributed by atoms with Crippen molar-refractivity contribution >= 4 is 5.78 Å². The molecule has 2 aliphatic rings. The first-order valence-electron chi connectivity index (χ1n) is 8.79. The van der Waals surface area contributed by atoms with Gasteiger partial charge in [-0.05, 0) is 45.4 Å². The summed E-state index contributed by atoms with van der Waals surface area (Å²) in [4.78, 5) is 10.6. The van der Waals surface area contributed by atoms with Crippen molar-refractivity contribution in [1.82, 2.24) is 0 Å². The maximum absolute atomic E-state index is 10.6. The van der Waals surface area contributed by atoms with Crippen LogP contribution in [0.25, 0.3) is 0 Å². The van der Waals surface area contributed by atoms with Gasteiger partial charge in [0.1, 0.15) is 5.78 Å². The van der Waals surface area contributed by atoms with Crippen molar-refractivity contribution in [1.29, 1.82) is 0 Å². The number of carbonyl (C=O) groups is 1. The summed E-state index contributed by atoms with van der Waals surface area (Å²) in [6.07, 6.45) is 9.93. The Balaban J connectivity index is 0. The summed E-state index contributed by atoms with van der Waals surface area (Å²) in [6.45, 7) is 11.6. The Labute approximate surface area is 127 Å². The van der Waals surface area contributed by atoms with E-state index in [0.29, 0.717) is 17.6 Å². The molecule has 0 saturated heterocycles. The van der Waals surface area contributed by atoms with Gasteiger partial charge in [0.25, 0.3) is 0 Å². The minimum atomic E-state index is -0.0579. The summed E-state index contributed by atoms with van der Waals surface area (Å²) in [7, 11) is 0. The van der Waals surface area contributed by atoms with E-state index in [0.717, 1.165) is 12.8 Å². The summed E-state index contributed by atoms with van der Waals surface area (Å²) in [6, 6.07) is 0. The summed E-state index contributed by atoms with van der Waals surface area (Å²) in [5.41, 5.74) is 0. The summed E-state index contributed by atoms with van der Waals surface area (Å²) < 4.78 is 0. The SMILES string of the molecule is CC.CC.CC(=O)C1CCCC1.CC(O)C1CCCC1. The molecule has 1 unspecified atom stereocenters. The van der Waals surface area contributed by atoms with E-state index in [-0.39, 0.29) is 6.10 Å². The van der Waals surface area contributed by atoms with E-state index in [9.17, 15) is 4.79 Å². The Morgan fingerprint density at radius 1 is 0.900 bits per heavy atom. The molecule has 0 aromatic rings. The molecule has 0 aromatic carbocycles. The van der Waals surface area contributed by atoms with Gasteiger partial charge >= 0.3 is 0 Å². The van der Waals surface area contributed by atoms with E-state index in [1.54, 1.807) is 6.92 Å². The lowest BCUT2D eigenvalue weighted by Gasteiger charge is -2.10. The summed E-state index contributed by atoms with van der Waals surface area (Å²) in [5.74, 6) is 1.44. The van der Waals surface area contributed by atoms with Gasteiger partial charge in [-0.1, -0.05) is 53.4 Å². The minimum Gasteiger partial charge on any atom is -0.393 e. The first-order valence-corrected chi connectivity index (χ1v) is 8.79. The average molecular weight is 287 g/mol. The third kappa shape index (κ3) is 10.4. The Morgan fingerprint density at radius 3 is 1.45 bits per heavy atom. The van der Waals surface area contributed by atoms with Crippen LogP contribution in [-0.2, 0) is 4.79 Å². The number of carbonyl (C=O) groups excluding carboxylic acids is 1. The van der Waals surface area contributed by atoms with E-state index in [1.807, 2.05) is 34.6 Å². The van der Waals surface area contributed by atoms with Gasteiger partial charge in [-0.2, -0.15) is 0 Å². The zero-order valence-corrected chi connectivity index (χ0v) is 14.7. The Morgan fingerprint density at radius 2 is 1.25 bits per heavy atom. The molecule has 20 heavy (non-hydrogen) atoms. The number of aliphatic hydroxyl groups is 1. The van der Waals surface area contributed by atoms with Gasteiger partial charge in [-0.3, -0.25) is 4.79 Å². The standard InChI is InChI=1S/C7H14O.C7H12O.2C2H6/c2*1-6(8)7-4-2-3-5-7;2*1-2/h6-8H,2-5H2,1H3;7H,2-5H2,1H3;2*1-2H3. The zero-order valence-electron chi connectivity index (χ0n) is 14.7. The molecular formula is C18H38O2. The van der Waals surface area contributed by atoms with Crippen molar-refractivity contribution in [2.45, 2.75) is 99.0 Å². The van der Waals surface area contributed by atoms with Crippen LogP contribution in [0.3, 0.4) is 0 Å². The molecule has 2 aliphatic carbocycles. The maximum atomic E-state index is 10.6. The molecule has 0 spiro atoms. The smallest absolute Gasteiger partial charge is 0.132 e. The van der Waals surface area contributed by atoms with E-state index >= 15 is 0 Å². The number of Topliss-reactive ketones (excluding diaryl/α,β-unsaturated/α-hetero) is 1. The van der Waals surface area contributed by atoms with Gasteiger partial charge in [0.05, 0.1) is 6.10 Å². The topological polar surface area (TPSA) is 37.3 Å². The van der Waals surface area contributed by atoms with Crippen molar-refractivity contribution in [3.8, 4) is 0 Å². The molecule has 0 aliphatic heterocycles. The molecule has 1 N–H and O–H groups in total. The van der Waals surface area contributed by atoms with Gasteiger partial charge in [-0.15, -0.1) is 0 Å². The van der Waals surface area contributed by atoms with Crippen molar-refractivity contribution in [2.24, 2.45) is 11.8 Å². The lowest BCUT2D eigenvalue weighted by atomic mass is 10.0. The first-order chi connectivity index (χ1) is 9.61. The predicted molar refractivity (Wildman–Crippen MR) is 89.0 cm³/mol. The van der Waals surface area contributed by atoms with Crippen molar-refractivity contribution in [3.05, 3.63) is 0 Å². The highest BCUT2D eigenvalue weighted by atomic mass is 16.3. The quantitative estimate of drug-likeness (QED) is 0.740. The minimum absolute atomic E-state index is 0.0579. The number of hydrogen-bond donors (Lipinski definition) is 1. The van der Waals surface area contributed by atoms with Crippen molar-refractivity contribution < 1.29 is 9.90 Å².